The van der Waals surface area contributed by atoms with Gasteiger partial charge in [-0.05, 0) is 43.2 Å². The van der Waals surface area contributed by atoms with Crippen molar-refractivity contribution < 1.29 is 4.74 Å². The van der Waals surface area contributed by atoms with Gasteiger partial charge in [-0.2, -0.15) is 5.10 Å². The molecule has 1 atom stereocenters. The van der Waals surface area contributed by atoms with Crippen LogP contribution < -0.4 is 10.5 Å². The fraction of sp³-hybridized carbons (Fsp3) is 0.357. The Kier molecular flexibility index (Phi) is 4.82. The van der Waals surface area contributed by atoms with Crippen LogP contribution in [0.5, 0.6) is 5.75 Å². The third kappa shape index (κ3) is 4.26. The molecule has 0 bridgehead atoms. The molecular formula is C14H18ClN3O. The van der Waals surface area contributed by atoms with Gasteiger partial charge >= 0.3 is 0 Å². The van der Waals surface area contributed by atoms with Gasteiger partial charge in [0.05, 0.1) is 6.20 Å². The monoisotopic (exact) mass is 279 g/mol. The van der Waals surface area contributed by atoms with Crippen LogP contribution in [0.1, 0.15) is 12.5 Å². The third-order valence-corrected chi connectivity index (χ3v) is 3.04. The highest BCUT2D eigenvalue weighted by atomic mass is 35.5. The topological polar surface area (TPSA) is 53.1 Å². The van der Waals surface area contributed by atoms with Crippen LogP contribution in [0.15, 0.2) is 36.7 Å². The molecule has 2 N–H and O–H groups in total. The maximum atomic E-state index is 6.05. The minimum atomic E-state index is -0.0508. The van der Waals surface area contributed by atoms with Crippen molar-refractivity contribution in [2.75, 3.05) is 6.61 Å². The molecule has 0 saturated heterocycles. The number of nitrogens with zero attached hydrogens (tertiary/aromatic N) is 2. The van der Waals surface area contributed by atoms with Gasteiger partial charge in [-0.3, -0.25) is 4.68 Å². The lowest BCUT2D eigenvalue weighted by Crippen LogP contribution is -2.30. The minimum absolute atomic E-state index is 0.0508. The van der Waals surface area contributed by atoms with Crippen LogP contribution in [0, 0.1) is 0 Å². The summed E-state index contributed by atoms with van der Waals surface area (Å²) < 4.78 is 7.51. The first kappa shape index (κ1) is 13.9. The van der Waals surface area contributed by atoms with Crippen LogP contribution >= 0.6 is 11.6 Å². The zero-order valence-electron chi connectivity index (χ0n) is 10.9. The lowest BCUT2D eigenvalue weighted by Gasteiger charge is -2.12. The molecule has 19 heavy (non-hydrogen) atoms. The molecule has 0 aliphatic rings. The second kappa shape index (κ2) is 6.59. The average molecular weight is 280 g/mol. The molecular weight excluding hydrogens is 262 g/mol. The van der Waals surface area contributed by atoms with Gasteiger partial charge in [-0.15, -0.1) is 0 Å². The first-order valence-electron chi connectivity index (χ1n) is 6.32. The lowest BCUT2D eigenvalue weighted by molar-refractivity contribution is 0.287. The zero-order chi connectivity index (χ0) is 13.7. The number of rotatable bonds is 6. The Labute approximate surface area is 118 Å². The molecule has 0 fully saturated rings. The Hall–Kier alpha value is -1.52. The van der Waals surface area contributed by atoms with Crippen LogP contribution in [0.3, 0.4) is 0 Å². The lowest BCUT2D eigenvalue weighted by atomic mass is 10.1. The second-order valence-corrected chi connectivity index (χ2v) is 4.87. The predicted octanol–water partition coefficient (Wildman–Crippen LogP) is 2.51. The molecule has 0 amide bonds. The summed E-state index contributed by atoms with van der Waals surface area (Å²) in [5, 5.41) is 4.92. The van der Waals surface area contributed by atoms with Gasteiger partial charge < -0.3 is 10.5 Å². The van der Waals surface area contributed by atoms with E-state index in [4.69, 9.17) is 22.1 Å². The molecule has 4 nitrogen and oxygen atoms in total. The fourth-order valence-corrected chi connectivity index (χ4v) is 1.91. The van der Waals surface area contributed by atoms with E-state index < -0.39 is 0 Å². The molecule has 2 aromatic rings. The summed E-state index contributed by atoms with van der Waals surface area (Å²) >= 11 is 5.81. The van der Waals surface area contributed by atoms with Crippen molar-refractivity contribution in [1.29, 1.82) is 0 Å². The number of aromatic nitrogens is 2. The van der Waals surface area contributed by atoms with Gasteiger partial charge in [0, 0.05) is 23.8 Å². The highest BCUT2D eigenvalue weighted by molar-refractivity contribution is 6.30. The minimum Gasteiger partial charge on any atom is -0.492 e. The van der Waals surface area contributed by atoms with Crippen LogP contribution in [-0.2, 0) is 13.0 Å². The van der Waals surface area contributed by atoms with E-state index in [1.165, 1.54) is 0 Å². The smallest absolute Gasteiger partial charge is 0.119 e. The van der Waals surface area contributed by atoms with Gasteiger partial charge in [-0.1, -0.05) is 11.6 Å². The standard InChI is InChI=1S/C14H18ClN3O/c1-2-18-9-11(8-17-18)7-13(16)10-19-14-5-3-12(15)4-6-14/h3-6,8-9,13H,2,7,10,16H2,1H3. The van der Waals surface area contributed by atoms with Crippen LogP contribution in [0.4, 0.5) is 0 Å². The van der Waals surface area contributed by atoms with Crippen molar-refractivity contribution in [3.8, 4) is 5.75 Å². The van der Waals surface area contributed by atoms with Crippen molar-refractivity contribution >= 4 is 11.6 Å². The summed E-state index contributed by atoms with van der Waals surface area (Å²) in [6, 6.07) is 7.22. The number of aryl methyl sites for hydroxylation is 1. The molecule has 2 rings (SSSR count). The van der Waals surface area contributed by atoms with E-state index in [-0.39, 0.29) is 6.04 Å². The summed E-state index contributed by atoms with van der Waals surface area (Å²) in [7, 11) is 0. The third-order valence-electron chi connectivity index (χ3n) is 2.79. The fourth-order valence-electron chi connectivity index (χ4n) is 1.78. The molecule has 1 aromatic carbocycles. The highest BCUT2D eigenvalue weighted by Gasteiger charge is 2.07. The Balaban J connectivity index is 1.81. The molecule has 1 heterocycles. The largest absolute Gasteiger partial charge is 0.492 e. The predicted molar refractivity (Wildman–Crippen MR) is 76.5 cm³/mol. The SMILES string of the molecule is CCn1cc(CC(N)COc2ccc(Cl)cc2)cn1. The Morgan fingerprint density at radius 3 is 2.74 bits per heavy atom. The number of nitrogens with two attached hydrogens (primary N) is 1. The molecule has 1 aromatic heterocycles. The van der Waals surface area contributed by atoms with Crippen molar-refractivity contribution in [3.63, 3.8) is 0 Å². The van der Waals surface area contributed by atoms with E-state index in [0.717, 1.165) is 24.3 Å². The van der Waals surface area contributed by atoms with E-state index >= 15 is 0 Å². The molecule has 0 saturated carbocycles. The average Bonchev–Trinajstić information content (AvgIpc) is 2.86. The second-order valence-electron chi connectivity index (χ2n) is 4.43. The first-order chi connectivity index (χ1) is 9.17. The number of halogens is 1. The van der Waals surface area contributed by atoms with Gasteiger partial charge in [0.15, 0.2) is 0 Å². The Bertz CT molecular complexity index is 510. The zero-order valence-corrected chi connectivity index (χ0v) is 11.7. The van der Waals surface area contributed by atoms with E-state index in [1.807, 2.05) is 29.2 Å². The van der Waals surface area contributed by atoms with Gasteiger partial charge in [-0.25, -0.2) is 0 Å². The van der Waals surface area contributed by atoms with Crippen molar-refractivity contribution in [1.82, 2.24) is 9.78 Å². The van der Waals surface area contributed by atoms with E-state index in [2.05, 4.69) is 12.0 Å². The number of hydrogen-bond donors (Lipinski definition) is 1. The highest BCUT2D eigenvalue weighted by Crippen LogP contribution is 2.15. The summed E-state index contributed by atoms with van der Waals surface area (Å²) in [5.74, 6) is 0.782. The number of ether oxygens (including phenoxy) is 1. The summed E-state index contributed by atoms with van der Waals surface area (Å²) in [4.78, 5) is 0. The Morgan fingerprint density at radius 2 is 2.11 bits per heavy atom. The molecule has 0 spiro atoms. The van der Waals surface area contributed by atoms with Gasteiger partial charge in [0.2, 0.25) is 0 Å². The van der Waals surface area contributed by atoms with Gasteiger partial charge in [0.25, 0.3) is 0 Å². The summed E-state index contributed by atoms with van der Waals surface area (Å²) in [5.41, 5.74) is 7.18. The van der Waals surface area contributed by atoms with Crippen molar-refractivity contribution in [2.45, 2.75) is 25.9 Å². The first-order valence-corrected chi connectivity index (χ1v) is 6.70. The van der Waals surface area contributed by atoms with E-state index in [9.17, 15) is 0 Å². The number of benzene rings is 1. The maximum Gasteiger partial charge on any atom is 0.119 e. The molecule has 0 aliphatic heterocycles. The summed E-state index contributed by atoms with van der Waals surface area (Å²) in [6.07, 6.45) is 4.63. The van der Waals surface area contributed by atoms with Crippen molar-refractivity contribution in [2.24, 2.45) is 5.73 Å². The molecule has 5 heteroatoms. The number of hydrogen-bond acceptors (Lipinski definition) is 3. The maximum absolute atomic E-state index is 6.05. The van der Waals surface area contributed by atoms with E-state index in [1.54, 1.807) is 12.1 Å². The molecule has 0 radical (unpaired) electrons. The molecule has 1 unspecified atom stereocenters. The van der Waals surface area contributed by atoms with Crippen LogP contribution in [0.2, 0.25) is 5.02 Å². The van der Waals surface area contributed by atoms with Crippen LogP contribution in [0.25, 0.3) is 0 Å². The van der Waals surface area contributed by atoms with E-state index in [0.29, 0.717) is 11.6 Å². The molecule has 0 aliphatic carbocycles. The molecule has 102 valence electrons. The normalized spacial score (nSPS) is 12.4. The Morgan fingerprint density at radius 1 is 1.37 bits per heavy atom. The van der Waals surface area contributed by atoms with Crippen molar-refractivity contribution in [3.05, 3.63) is 47.2 Å². The van der Waals surface area contributed by atoms with Gasteiger partial charge in [0.1, 0.15) is 12.4 Å². The summed E-state index contributed by atoms with van der Waals surface area (Å²) in [6.45, 7) is 3.40. The van der Waals surface area contributed by atoms with Crippen LogP contribution in [-0.4, -0.2) is 22.4 Å². The quantitative estimate of drug-likeness (QED) is 0.884.